The zero-order chi connectivity index (χ0) is 20.2. The van der Waals surface area contributed by atoms with Crippen LogP contribution < -0.4 is 10.1 Å². The predicted octanol–water partition coefficient (Wildman–Crippen LogP) is 3.49. The first-order chi connectivity index (χ1) is 14.2. The number of benzene rings is 1. The molecule has 29 heavy (non-hydrogen) atoms. The first kappa shape index (κ1) is 19.5. The topological polar surface area (TPSA) is 72.8 Å². The lowest BCUT2D eigenvalue weighted by Gasteiger charge is -2.21. The van der Waals surface area contributed by atoms with Crippen molar-refractivity contribution in [1.82, 2.24) is 14.8 Å². The summed E-state index contributed by atoms with van der Waals surface area (Å²) in [6.07, 6.45) is 2.28. The highest BCUT2D eigenvalue weighted by atomic mass is 16.6. The molecule has 4 rings (SSSR count). The molecule has 2 amide bonds. The normalized spacial score (nSPS) is 16.9. The van der Waals surface area contributed by atoms with E-state index in [4.69, 9.17) is 9.47 Å². The van der Waals surface area contributed by atoms with Crippen LogP contribution in [0.3, 0.4) is 0 Å². The third kappa shape index (κ3) is 4.15. The summed E-state index contributed by atoms with van der Waals surface area (Å²) >= 11 is 0. The van der Waals surface area contributed by atoms with Crippen LogP contribution in [0.1, 0.15) is 54.0 Å². The van der Waals surface area contributed by atoms with Gasteiger partial charge in [0.25, 0.3) is 5.91 Å². The molecule has 0 unspecified atom stereocenters. The van der Waals surface area contributed by atoms with E-state index in [2.05, 4.69) is 5.32 Å². The molecule has 2 aliphatic rings. The molecule has 2 aliphatic heterocycles. The van der Waals surface area contributed by atoms with Gasteiger partial charge in [0.1, 0.15) is 5.69 Å². The van der Waals surface area contributed by atoms with Crippen LogP contribution in [0.25, 0.3) is 0 Å². The van der Waals surface area contributed by atoms with Crippen molar-refractivity contribution >= 4 is 12.0 Å². The molecular weight excluding hydrogens is 370 g/mol. The van der Waals surface area contributed by atoms with Crippen molar-refractivity contribution in [1.29, 1.82) is 0 Å². The van der Waals surface area contributed by atoms with Gasteiger partial charge in [-0.15, -0.1) is 0 Å². The molecule has 0 radical (unpaired) electrons. The van der Waals surface area contributed by atoms with Crippen molar-refractivity contribution in [3.8, 4) is 5.75 Å². The van der Waals surface area contributed by atoms with E-state index in [1.54, 1.807) is 6.07 Å². The SMILES string of the molecule is CC[C@@H](NC(=O)Oc1cc(C(=O)N2CCCC2)n2c1COCC2)c1ccccc1. The Labute approximate surface area is 170 Å². The summed E-state index contributed by atoms with van der Waals surface area (Å²) in [5, 5.41) is 2.93. The third-order valence-electron chi connectivity index (χ3n) is 5.58. The Balaban J connectivity index is 1.52. The van der Waals surface area contributed by atoms with E-state index in [-0.39, 0.29) is 11.9 Å². The van der Waals surface area contributed by atoms with Crippen LogP contribution in [0.2, 0.25) is 0 Å². The van der Waals surface area contributed by atoms with Crippen LogP contribution in [0.15, 0.2) is 36.4 Å². The number of hydrogen-bond donors (Lipinski definition) is 1. The molecule has 3 heterocycles. The van der Waals surface area contributed by atoms with Crippen LogP contribution in [-0.2, 0) is 17.9 Å². The van der Waals surface area contributed by atoms with Crippen molar-refractivity contribution in [2.24, 2.45) is 0 Å². The number of carbonyl (C=O) groups is 2. The van der Waals surface area contributed by atoms with Crippen molar-refractivity contribution in [2.75, 3.05) is 19.7 Å². The Morgan fingerprint density at radius 2 is 1.93 bits per heavy atom. The molecule has 7 heteroatoms. The first-order valence-corrected chi connectivity index (χ1v) is 10.3. The van der Waals surface area contributed by atoms with Gasteiger partial charge >= 0.3 is 6.09 Å². The lowest BCUT2D eigenvalue weighted by atomic mass is 10.1. The van der Waals surface area contributed by atoms with Crippen molar-refractivity contribution in [3.63, 3.8) is 0 Å². The summed E-state index contributed by atoms with van der Waals surface area (Å²) in [6.45, 7) is 5.02. The van der Waals surface area contributed by atoms with Crippen LogP contribution in [-0.4, -0.2) is 41.2 Å². The number of carbonyl (C=O) groups excluding carboxylic acids is 2. The van der Waals surface area contributed by atoms with Gasteiger partial charge in [0.15, 0.2) is 5.75 Å². The van der Waals surface area contributed by atoms with Gasteiger partial charge in [-0.2, -0.15) is 0 Å². The summed E-state index contributed by atoms with van der Waals surface area (Å²) < 4.78 is 13.1. The van der Waals surface area contributed by atoms with Gasteiger partial charge in [0, 0.05) is 25.7 Å². The van der Waals surface area contributed by atoms with E-state index in [1.807, 2.05) is 46.7 Å². The molecule has 0 saturated carbocycles. The fourth-order valence-electron chi connectivity index (χ4n) is 4.02. The molecule has 154 valence electrons. The number of aromatic nitrogens is 1. The highest BCUT2D eigenvalue weighted by Crippen LogP contribution is 2.29. The van der Waals surface area contributed by atoms with Gasteiger partial charge in [-0.3, -0.25) is 4.79 Å². The van der Waals surface area contributed by atoms with Gasteiger partial charge in [-0.05, 0) is 24.8 Å². The molecule has 7 nitrogen and oxygen atoms in total. The van der Waals surface area contributed by atoms with E-state index >= 15 is 0 Å². The van der Waals surface area contributed by atoms with Crippen LogP contribution >= 0.6 is 0 Å². The summed E-state index contributed by atoms with van der Waals surface area (Å²) in [5.41, 5.74) is 2.34. The van der Waals surface area contributed by atoms with Crippen molar-refractivity contribution in [2.45, 2.75) is 45.4 Å². The maximum Gasteiger partial charge on any atom is 0.413 e. The minimum atomic E-state index is -0.528. The Kier molecular flexibility index (Phi) is 5.85. The maximum atomic E-state index is 12.9. The monoisotopic (exact) mass is 397 g/mol. The molecule has 1 saturated heterocycles. The molecule has 1 fully saturated rings. The van der Waals surface area contributed by atoms with E-state index in [1.165, 1.54) is 0 Å². The number of amides is 2. The standard InChI is InChI=1S/C22H27N3O4/c1-2-17(16-8-4-3-5-9-16)23-22(27)29-20-14-18(21(26)24-10-6-7-11-24)25-12-13-28-15-19(20)25/h3-5,8-9,14,17H,2,6-7,10-13,15H2,1H3,(H,23,27)/t17-/m1/s1. The Bertz CT molecular complexity index is 872. The third-order valence-corrected chi connectivity index (χ3v) is 5.58. The number of nitrogens with zero attached hydrogens (tertiary/aromatic N) is 2. The molecule has 1 aromatic carbocycles. The largest absolute Gasteiger partial charge is 0.413 e. The quantitative estimate of drug-likeness (QED) is 0.838. The summed E-state index contributed by atoms with van der Waals surface area (Å²) in [6, 6.07) is 11.4. The summed E-state index contributed by atoms with van der Waals surface area (Å²) in [7, 11) is 0. The zero-order valence-electron chi connectivity index (χ0n) is 16.7. The van der Waals surface area contributed by atoms with Crippen molar-refractivity contribution < 1.29 is 19.1 Å². The van der Waals surface area contributed by atoms with Gasteiger partial charge < -0.3 is 24.3 Å². The second-order valence-electron chi connectivity index (χ2n) is 7.45. The van der Waals surface area contributed by atoms with Gasteiger partial charge in [0.2, 0.25) is 0 Å². The number of rotatable bonds is 5. The van der Waals surface area contributed by atoms with Gasteiger partial charge in [-0.25, -0.2) is 4.79 Å². The molecule has 1 atom stereocenters. The van der Waals surface area contributed by atoms with Crippen LogP contribution in [0.4, 0.5) is 4.79 Å². The predicted molar refractivity (Wildman–Crippen MR) is 108 cm³/mol. The molecule has 0 aliphatic carbocycles. The average Bonchev–Trinajstić information content (AvgIpc) is 3.41. The molecule has 0 bridgehead atoms. The van der Waals surface area contributed by atoms with Gasteiger partial charge in [0.05, 0.1) is 24.9 Å². The molecule has 1 N–H and O–H groups in total. The number of ether oxygens (including phenoxy) is 2. The smallest absolute Gasteiger partial charge is 0.408 e. The Morgan fingerprint density at radius 1 is 1.17 bits per heavy atom. The minimum Gasteiger partial charge on any atom is -0.408 e. The molecule has 1 aromatic heterocycles. The molecular formula is C22H27N3O4. The highest BCUT2D eigenvalue weighted by molar-refractivity contribution is 5.94. The van der Waals surface area contributed by atoms with E-state index in [9.17, 15) is 9.59 Å². The fraction of sp³-hybridized carbons (Fsp3) is 0.455. The van der Waals surface area contributed by atoms with Crippen molar-refractivity contribution in [3.05, 3.63) is 53.3 Å². The fourth-order valence-corrected chi connectivity index (χ4v) is 4.02. The van der Waals surface area contributed by atoms with Crippen LogP contribution in [0.5, 0.6) is 5.75 Å². The van der Waals surface area contributed by atoms with Gasteiger partial charge in [-0.1, -0.05) is 37.3 Å². The molecule has 2 aromatic rings. The average molecular weight is 397 g/mol. The second-order valence-corrected chi connectivity index (χ2v) is 7.45. The van der Waals surface area contributed by atoms with Crippen LogP contribution in [0, 0.1) is 0 Å². The first-order valence-electron chi connectivity index (χ1n) is 10.3. The molecule has 0 spiro atoms. The Hall–Kier alpha value is -2.80. The second kappa shape index (κ2) is 8.69. The Morgan fingerprint density at radius 3 is 2.66 bits per heavy atom. The number of nitrogens with one attached hydrogen (secondary N) is 1. The lowest BCUT2D eigenvalue weighted by molar-refractivity contribution is 0.0719. The lowest BCUT2D eigenvalue weighted by Crippen LogP contribution is -2.31. The summed E-state index contributed by atoms with van der Waals surface area (Å²) in [4.78, 5) is 27.4. The highest BCUT2D eigenvalue weighted by Gasteiger charge is 2.29. The van der Waals surface area contributed by atoms with E-state index in [0.717, 1.165) is 43.6 Å². The number of hydrogen-bond acceptors (Lipinski definition) is 4. The van der Waals surface area contributed by atoms with E-state index < -0.39 is 6.09 Å². The zero-order valence-corrected chi connectivity index (χ0v) is 16.7. The number of likely N-dealkylation sites (tertiary alicyclic amines) is 1. The summed E-state index contributed by atoms with van der Waals surface area (Å²) in [5.74, 6) is 0.393. The minimum absolute atomic E-state index is 0.00312. The van der Waals surface area contributed by atoms with E-state index in [0.29, 0.717) is 31.2 Å². The number of fused-ring (bicyclic) bond motifs is 1. The maximum absolute atomic E-state index is 12.9.